The van der Waals surface area contributed by atoms with Crippen LogP contribution >= 0.6 is 11.6 Å². The molecule has 2 aliphatic heterocycles. The molecule has 1 aromatic heterocycles. The highest BCUT2D eigenvalue weighted by atomic mass is 35.5. The van der Waals surface area contributed by atoms with Gasteiger partial charge in [-0.1, -0.05) is 11.6 Å². The third-order valence-corrected chi connectivity index (χ3v) is 5.57. The zero-order valence-electron chi connectivity index (χ0n) is 16.0. The quantitative estimate of drug-likeness (QED) is 0.807. The van der Waals surface area contributed by atoms with E-state index in [-0.39, 0.29) is 17.7 Å². The molecule has 0 radical (unpaired) electrons. The summed E-state index contributed by atoms with van der Waals surface area (Å²) in [5.74, 6) is 1.14. The van der Waals surface area contributed by atoms with Gasteiger partial charge < -0.3 is 24.1 Å². The lowest BCUT2D eigenvalue weighted by atomic mass is 9.95. The van der Waals surface area contributed by atoms with Crippen molar-refractivity contribution in [3.8, 4) is 11.5 Å². The van der Waals surface area contributed by atoms with Crippen molar-refractivity contribution in [3.63, 3.8) is 0 Å². The predicted octanol–water partition coefficient (Wildman–Crippen LogP) is 2.92. The fourth-order valence-corrected chi connectivity index (χ4v) is 3.98. The number of carbonyl (C=O) groups excluding carboxylic acids is 2. The first-order valence-electron chi connectivity index (χ1n) is 9.79. The standard InChI is InChI=1S/C21H23ClN2O5/c22-17-11-14(12-18-19(17)29-10-9-28-18)1-5-23-20(25)15-2-6-24(7-3-15)21(26)16-4-8-27-13-16/h4,8,11-13,15H,1-3,5-7,9-10H2,(H,23,25). The van der Waals surface area contributed by atoms with Gasteiger partial charge in [0.15, 0.2) is 11.5 Å². The van der Waals surface area contributed by atoms with Gasteiger partial charge in [-0.3, -0.25) is 9.59 Å². The van der Waals surface area contributed by atoms with Crippen LogP contribution in [0, 0.1) is 5.92 Å². The summed E-state index contributed by atoms with van der Waals surface area (Å²) in [6.07, 6.45) is 4.91. The molecule has 8 heteroatoms. The van der Waals surface area contributed by atoms with Crippen LogP contribution in [0.2, 0.25) is 5.02 Å². The molecule has 0 bridgehead atoms. The highest BCUT2D eigenvalue weighted by Crippen LogP contribution is 2.38. The van der Waals surface area contributed by atoms with Gasteiger partial charge in [-0.25, -0.2) is 0 Å². The summed E-state index contributed by atoms with van der Waals surface area (Å²) in [6, 6.07) is 5.42. The average Bonchev–Trinajstić information content (AvgIpc) is 3.28. The molecule has 3 heterocycles. The minimum absolute atomic E-state index is 0.0315. The van der Waals surface area contributed by atoms with Gasteiger partial charge in [-0.05, 0) is 43.0 Å². The van der Waals surface area contributed by atoms with Gasteiger partial charge in [-0.2, -0.15) is 0 Å². The summed E-state index contributed by atoms with van der Waals surface area (Å²) in [6.45, 7) is 2.66. The molecule has 2 aliphatic rings. The topological polar surface area (TPSA) is 81.0 Å². The molecule has 0 saturated carbocycles. The number of rotatable bonds is 5. The number of piperidine rings is 1. The number of hydrogen-bond acceptors (Lipinski definition) is 5. The number of fused-ring (bicyclic) bond motifs is 1. The molecule has 1 saturated heterocycles. The van der Waals surface area contributed by atoms with Crippen LogP contribution in [0.3, 0.4) is 0 Å². The zero-order valence-corrected chi connectivity index (χ0v) is 16.7. The fraction of sp³-hybridized carbons (Fsp3) is 0.429. The van der Waals surface area contributed by atoms with E-state index < -0.39 is 0 Å². The number of carbonyl (C=O) groups is 2. The monoisotopic (exact) mass is 418 g/mol. The number of amides is 2. The SMILES string of the molecule is O=C(NCCc1cc(Cl)c2c(c1)OCCO2)C1CCN(C(=O)c2ccoc2)CC1. The van der Waals surface area contributed by atoms with Crippen LogP contribution in [0.1, 0.15) is 28.8 Å². The Morgan fingerprint density at radius 3 is 2.72 bits per heavy atom. The van der Waals surface area contributed by atoms with Crippen LogP contribution in [0.15, 0.2) is 35.1 Å². The van der Waals surface area contributed by atoms with Gasteiger partial charge in [0.2, 0.25) is 5.91 Å². The van der Waals surface area contributed by atoms with Crippen LogP contribution in [0.5, 0.6) is 11.5 Å². The summed E-state index contributed by atoms with van der Waals surface area (Å²) < 4.78 is 16.1. The van der Waals surface area contributed by atoms with Gasteiger partial charge in [0.05, 0.1) is 16.8 Å². The highest BCUT2D eigenvalue weighted by molar-refractivity contribution is 6.32. The van der Waals surface area contributed by atoms with Crippen LogP contribution in [-0.4, -0.2) is 49.6 Å². The Morgan fingerprint density at radius 2 is 1.97 bits per heavy atom. The molecular weight excluding hydrogens is 396 g/mol. The largest absolute Gasteiger partial charge is 0.486 e. The maximum absolute atomic E-state index is 12.5. The van der Waals surface area contributed by atoms with Crippen molar-refractivity contribution in [2.75, 3.05) is 32.8 Å². The summed E-state index contributed by atoms with van der Waals surface area (Å²) in [4.78, 5) is 26.6. The molecule has 29 heavy (non-hydrogen) atoms. The van der Waals surface area contributed by atoms with Crippen LogP contribution in [0.25, 0.3) is 0 Å². The average molecular weight is 419 g/mol. The van der Waals surface area contributed by atoms with Crippen molar-refractivity contribution in [2.45, 2.75) is 19.3 Å². The summed E-state index contributed by atoms with van der Waals surface area (Å²) in [7, 11) is 0. The first-order valence-corrected chi connectivity index (χ1v) is 10.2. The van der Waals surface area contributed by atoms with E-state index in [1.165, 1.54) is 12.5 Å². The molecule has 1 fully saturated rings. The molecule has 2 amide bonds. The van der Waals surface area contributed by atoms with E-state index >= 15 is 0 Å². The molecule has 154 valence electrons. The second kappa shape index (κ2) is 8.78. The first kappa shape index (κ1) is 19.6. The van der Waals surface area contributed by atoms with Crippen molar-refractivity contribution in [1.29, 1.82) is 0 Å². The van der Waals surface area contributed by atoms with Crippen LogP contribution < -0.4 is 14.8 Å². The molecule has 0 spiro atoms. The normalized spacial score (nSPS) is 16.5. The smallest absolute Gasteiger partial charge is 0.257 e. The van der Waals surface area contributed by atoms with Gasteiger partial charge in [0.25, 0.3) is 5.91 Å². The Balaban J connectivity index is 1.24. The Bertz CT molecular complexity index is 875. The zero-order chi connectivity index (χ0) is 20.2. The van der Waals surface area contributed by atoms with Crippen molar-refractivity contribution in [3.05, 3.63) is 46.9 Å². The maximum atomic E-state index is 12.5. The molecule has 0 aliphatic carbocycles. The third kappa shape index (κ3) is 4.50. The minimum Gasteiger partial charge on any atom is -0.486 e. The van der Waals surface area contributed by atoms with E-state index in [1.54, 1.807) is 11.0 Å². The van der Waals surface area contributed by atoms with Crippen molar-refractivity contribution in [2.24, 2.45) is 5.92 Å². The number of furan rings is 1. The Labute approximate surface area is 173 Å². The van der Waals surface area contributed by atoms with E-state index in [0.29, 0.717) is 74.2 Å². The highest BCUT2D eigenvalue weighted by Gasteiger charge is 2.28. The number of hydrogen-bond donors (Lipinski definition) is 1. The lowest BCUT2D eigenvalue weighted by Crippen LogP contribution is -2.43. The molecule has 1 aromatic carbocycles. The van der Waals surface area contributed by atoms with Gasteiger partial charge >= 0.3 is 0 Å². The third-order valence-electron chi connectivity index (χ3n) is 5.29. The maximum Gasteiger partial charge on any atom is 0.257 e. The second-order valence-electron chi connectivity index (χ2n) is 7.22. The van der Waals surface area contributed by atoms with Gasteiger partial charge in [0.1, 0.15) is 19.5 Å². The number of halogens is 1. The second-order valence-corrected chi connectivity index (χ2v) is 7.63. The Hall–Kier alpha value is -2.67. The summed E-state index contributed by atoms with van der Waals surface area (Å²) >= 11 is 6.26. The van der Waals surface area contributed by atoms with E-state index in [9.17, 15) is 9.59 Å². The predicted molar refractivity (Wildman–Crippen MR) is 106 cm³/mol. The molecule has 4 rings (SSSR count). The van der Waals surface area contributed by atoms with Crippen LogP contribution in [-0.2, 0) is 11.2 Å². The van der Waals surface area contributed by atoms with Crippen molar-refractivity contribution in [1.82, 2.24) is 10.2 Å². The number of benzene rings is 1. The molecule has 2 aromatic rings. The van der Waals surface area contributed by atoms with E-state index in [1.807, 2.05) is 12.1 Å². The number of nitrogens with zero attached hydrogens (tertiary/aromatic N) is 1. The lowest BCUT2D eigenvalue weighted by molar-refractivity contribution is -0.126. The molecule has 7 nitrogen and oxygen atoms in total. The van der Waals surface area contributed by atoms with E-state index in [2.05, 4.69) is 5.32 Å². The fourth-order valence-electron chi connectivity index (χ4n) is 3.70. The number of likely N-dealkylation sites (tertiary alicyclic amines) is 1. The molecular formula is C21H23ClN2O5. The molecule has 1 N–H and O–H groups in total. The number of ether oxygens (including phenoxy) is 2. The van der Waals surface area contributed by atoms with Gasteiger partial charge in [-0.15, -0.1) is 0 Å². The molecule has 0 atom stereocenters. The van der Waals surface area contributed by atoms with Crippen LogP contribution in [0.4, 0.5) is 0 Å². The van der Waals surface area contributed by atoms with E-state index in [4.69, 9.17) is 25.5 Å². The van der Waals surface area contributed by atoms with Crippen molar-refractivity contribution >= 4 is 23.4 Å². The Kier molecular flexibility index (Phi) is 5.94. The summed E-state index contributed by atoms with van der Waals surface area (Å²) in [5.41, 5.74) is 1.53. The minimum atomic E-state index is -0.0766. The summed E-state index contributed by atoms with van der Waals surface area (Å²) in [5, 5.41) is 3.53. The first-order chi connectivity index (χ1) is 14.1. The van der Waals surface area contributed by atoms with E-state index in [0.717, 1.165) is 5.56 Å². The van der Waals surface area contributed by atoms with Crippen molar-refractivity contribution < 1.29 is 23.5 Å². The lowest BCUT2D eigenvalue weighted by Gasteiger charge is -2.31. The Morgan fingerprint density at radius 1 is 1.17 bits per heavy atom. The van der Waals surface area contributed by atoms with Gasteiger partial charge in [0, 0.05) is 25.6 Å². The number of nitrogens with one attached hydrogen (secondary N) is 1. The molecule has 0 unspecified atom stereocenters.